The van der Waals surface area contributed by atoms with E-state index in [4.69, 9.17) is 0 Å². The third kappa shape index (κ3) is 15.8. The maximum atomic E-state index is 3.15. The van der Waals surface area contributed by atoms with Gasteiger partial charge in [0.1, 0.15) is 0 Å². The fourth-order valence-corrected chi connectivity index (χ4v) is 1.28. The summed E-state index contributed by atoms with van der Waals surface area (Å²) in [5, 5.41) is 12.6. The molecule has 0 amide bonds. The largest absolute Gasteiger partial charge is 2.00 e. The minimum atomic E-state index is 0. The van der Waals surface area contributed by atoms with E-state index in [0.717, 1.165) is 40.0 Å². The Labute approximate surface area is 152 Å². The fraction of sp³-hybridized carbons (Fsp3) is 1.00. The van der Waals surface area contributed by atoms with Crippen LogP contribution < -0.4 is 46.1 Å². The zero-order valence-electron chi connectivity index (χ0n) is 10.9. The van der Waals surface area contributed by atoms with Gasteiger partial charge in [-0.15, -0.1) is 0 Å². The predicted octanol–water partition coefficient (Wildman–Crippen LogP) is -8.03. The molecule has 2 aliphatic heterocycles. The summed E-state index contributed by atoms with van der Waals surface area (Å²) in [5.74, 6) is 0. The summed E-state index contributed by atoms with van der Waals surface area (Å²) < 4.78 is 0. The molecule has 18 heavy (non-hydrogen) atoms. The van der Waals surface area contributed by atoms with Crippen molar-refractivity contribution in [3.63, 3.8) is 0 Å². The molecule has 104 valence electrons. The molecular weight excluding hydrogens is 347 g/mol. The number of rotatable bonds is 0. The number of hydrogen-bond donors (Lipinski definition) is 4. The molecule has 0 aromatic rings. The quantitative estimate of drug-likeness (QED) is 0.319. The smallest absolute Gasteiger partial charge is 1.00 e. The normalized spacial score (nSPS) is 19.7. The van der Waals surface area contributed by atoms with Crippen molar-refractivity contribution in [2.75, 3.05) is 54.1 Å². The van der Waals surface area contributed by atoms with Gasteiger partial charge >= 0.3 is 43.4 Å². The molecule has 2 heterocycles. The first-order chi connectivity index (χ1) is 6.79. The Hall–Kier alpha value is 1.77. The van der Waals surface area contributed by atoms with Gasteiger partial charge < -0.3 is 24.8 Å². The average molecular weight is 369 g/mol. The molecule has 2 fully saturated rings. The van der Waals surface area contributed by atoms with Crippen LogP contribution in [0.4, 0.5) is 0 Å². The van der Waals surface area contributed by atoms with Crippen LogP contribution in [-0.2, 0) is 43.4 Å². The molecule has 0 atom stereocenters. The first kappa shape index (κ1) is 28.0. The average Bonchev–Trinajstić information content (AvgIpc) is 2.21. The number of hydrogen-bond acceptors (Lipinski definition) is 6. The van der Waals surface area contributed by atoms with E-state index < -0.39 is 0 Å². The minimum absolute atomic E-state index is 0. The minimum Gasteiger partial charge on any atom is -1.00 e. The van der Waals surface area contributed by atoms with Gasteiger partial charge in [0.15, 0.2) is 0 Å². The zero-order chi connectivity index (χ0) is 10.2. The molecule has 0 aliphatic carbocycles. The van der Waals surface area contributed by atoms with Gasteiger partial charge in [-0.25, -0.2) is 0 Å². The molecule has 2 rings (SSSR count). The van der Waals surface area contributed by atoms with Crippen molar-refractivity contribution in [3.8, 4) is 0 Å². The van der Waals surface area contributed by atoms with E-state index in [1.165, 1.54) is 0 Å². The van der Waals surface area contributed by atoms with Crippen molar-refractivity contribution in [2.24, 2.45) is 0 Å². The Morgan fingerprint density at radius 1 is 0.611 bits per heavy atom. The molecule has 0 saturated carbocycles. The summed E-state index contributed by atoms with van der Waals surface area (Å²) in [5.41, 5.74) is 0. The Morgan fingerprint density at radius 2 is 0.833 bits per heavy atom. The molecule has 10 heteroatoms. The summed E-state index contributed by atoms with van der Waals surface area (Å²) in [6.07, 6.45) is 0. The van der Waals surface area contributed by atoms with Crippen molar-refractivity contribution in [1.29, 1.82) is 0 Å². The van der Waals surface area contributed by atoms with Crippen molar-refractivity contribution >= 4 is 0 Å². The van der Waals surface area contributed by atoms with Gasteiger partial charge in [0.2, 0.25) is 0 Å². The van der Waals surface area contributed by atoms with E-state index in [9.17, 15) is 0 Å². The van der Waals surface area contributed by atoms with E-state index in [2.05, 4.69) is 45.2 Å². The van der Waals surface area contributed by atoms with Crippen LogP contribution in [0, 0.1) is 0 Å². The maximum Gasteiger partial charge on any atom is 2.00 e. The Balaban J connectivity index is -0.0000000891. The van der Waals surface area contributed by atoms with Crippen LogP contribution in [0.5, 0.6) is 0 Å². The van der Waals surface area contributed by atoms with E-state index in [1.54, 1.807) is 0 Å². The van der Waals surface area contributed by atoms with Gasteiger partial charge in [-0.1, -0.05) is 0 Å². The Morgan fingerprint density at radius 3 is 0.944 bits per heavy atom. The monoisotopic (exact) mass is 368 g/mol. The van der Waals surface area contributed by atoms with Crippen molar-refractivity contribution in [3.05, 3.63) is 0 Å². The second-order valence-electron chi connectivity index (χ2n) is 3.70. The molecule has 6 nitrogen and oxygen atoms in total. The molecule has 0 aromatic heterocycles. The SMILES string of the molecule is CN1CNCNC1.CN1CNCNC1.[Cl-].[Cl-].[Ti+2].[Ti+2]. The van der Waals surface area contributed by atoms with Gasteiger partial charge in [-0.3, -0.25) is 31.1 Å². The summed E-state index contributed by atoms with van der Waals surface area (Å²) >= 11 is 0. The zero-order valence-corrected chi connectivity index (χ0v) is 15.5. The van der Waals surface area contributed by atoms with Crippen molar-refractivity contribution in [1.82, 2.24) is 31.1 Å². The van der Waals surface area contributed by atoms with Crippen LogP contribution in [0.3, 0.4) is 0 Å². The molecule has 0 spiro atoms. The third-order valence-electron chi connectivity index (χ3n) is 2.03. The van der Waals surface area contributed by atoms with Crippen LogP contribution in [0.1, 0.15) is 0 Å². The van der Waals surface area contributed by atoms with Crippen LogP contribution in [0.15, 0.2) is 0 Å². The van der Waals surface area contributed by atoms with Gasteiger partial charge in [-0.2, -0.15) is 0 Å². The molecular formula is C8H22Cl2N6Ti2+2. The molecule has 4 N–H and O–H groups in total. The van der Waals surface area contributed by atoms with Crippen LogP contribution in [0.25, 0.3) is 0 Å². The van der Waals surface area contributed by atoms with E-state index in [1.807, 2.05) is 0 Å². The van der Waals surface area contributed by atoms with Crippen LogP contribution in [-0.4, -0.2) is 63.9 Å². The number of nitrogens with zero attached hydrogens (tertiary/aromatic N) is 2. The van der Waals surface area contributed by atoms with Crippen LogP contribution >= 0.6 is 0 Å². The molecule has 2 saturated heterocycles. The molecule has 0 bridgehead atoms. The van der Waals surface area contributed by atoms with Crippen molar-refractivity contribution in [2.45, 2.75) is 0 Å². The number of nitrogens with one attached hydrogen (secondary N) is 4. The molecule has 0 unspecified atom stereocenters. The fourth-order valence-electron chi connectivity index (χ4n) is 1.28. The van der Waals surface area contributed by atoms with Gasteiger partial charge in [0.25, 0.3) is 0 Å². The first-order valence-corrected chi connectivity index (χ1v) is 4.99. The van der Waals surface area contributed by atoms with Gasteiger partial charge in [0.05, 0.1) is 0 Å². The molecule has 0 aromatic carbocycles. The first-order valence-electron chi connectivity index (χ1n) is 4.99. The molecule has 0 radical (unpaired) electrons. The van der Waals surface area contributed by atoms with Gasteiger partial charge in [-0.05, 0) is 14.1 Å². The summed E-state index contributed by atoms with van der Waals surface area (Å²) in [6, 6.07) is 0. The van der Waals surface area contributed by atoms with E-state index >= 15 is 0 Å². The number of halogens is 2. The van der Waals surface area contributed by atoms with E-state index in [-0.39, 0.29) is 68.2 Å². The predicted molar refractivity (Wildman–Crippen MR) is 57.3 cm³/mol. The summed E-state index contributed by atoms with van der Waals surface area (Å²) in [6.45, 7) is 5.93. The standard InChI is InChI=1S/2C4H11N3.2ClH.2Ti/c2*1-7-3-5-2-6-4-7;;;;/h2*5-6H,2-4H2,1H3;2*1H;;/q;;;;2*+2/p-2. The van der Waals surface area contributed by atoms with Crippen LogP contribution in [0.2, 0.25) is 0 Å². The Kier molecular flexibility index (Phi) is 29.2. The second-order valence-corrected chi connectivity index (χ2v) is 3.70. The Bertz CT molecular complexity index is 132. The second kappa shape index (κ2) is 18.8. The topological polar surface area (TPSA) is 54.6 Å². The van der Waals surface area contributed by atoms with Crippen molar-refractivity contribution < 1.29 is 68.2 Å². The molecule has 2 aliphatic rings. The third-order valence-corrected chi connectivity index (χ3v) is 2.03. The summed E-state index contributed by atoms with van der Waals surface area (Å²) in [4.78, 5) is 4.34. The maximum absolute atomic E-state index is 3.15. The summed E-state index contributed by atoms with van der Waals surface area (Å²) in [7, 11) is 4.14. The van der Waals surface area contributed by atoms with Gasteiger partial charge in [0, 0.05) is 40.0 Å². The van der Waals surface area contributed by atoms with E-state index in [0.29, 0.717) is 0 Å².